The van der Waals surface area contributed by atoms with Crippen molar-refractivity contribution in [3.05, 3.63) is 88.4 Å². The lowest BCUT2D eigenvalue weighted by atomic mass is 9.97. The molecule has 122 valence electrons. The smallest absolute Gasteiger partial charge is 0.0718 e. The molecule has 25 heavy (non-hydrogen) atoms. The molecular formula is C22H15Cl2N. The molecule has 0 amide bonds. The van der Waals surface area contributed by atoms with E-state index in [0.717, 1.165) is 33.3 Å². The molecule has 0 atom stereocenters. The molecule has 3 aromatic carbocycles. The quantitative estimate of drug-likeness (QED) is 0.367. The maximum Gasteiger partial charge on any atom is 0.0718 e. The predicted molar refractivity (Wildman–Crippen MR) is 107 cm³/mol. The van der Waals surface area contributed by atoms with Crippen molar-refractivity contribution in [2.45, 2.75) is 6.92 Å². The average Bonchev–Trinajstić information content (AvgIpc) is 2.62. The summed E-state index contributed by atoms with van der Waals surface area (Å²) in [4.78, 5) is 4.86. The fourth-order valence-corrected chi connectivity index (χ4v) is 3.51. The molecule has 0 saturated carbocycles. The molecule has 4 rings (SSSR count). The summed E-state index contributed by atoms with van der Waals surface area (Å²) >= 11 is 12.7. The molecule has 1 heterocycles. The Balaban J connectivity index is 2.08. The number of benzene rings is 3. The second-order valence-corrected chi connectivity index (χ2v) is 6.85. The first-order chi connectivity index (χ1) is 12.1. The minimum Gasteiger partial charge on any atom is -0.248 e. The van der Waals surface area contributed by atoms with Crippen molar-refractivity contribution in [2.75, 3.05) is 0 Å². The van der Waals surface area contributed by atoms with E-state index in [-0.39, 0.29) is 0 Å². The monoisotopic (exact) mass is 363 g/mol. The number of fused-ring (bicyclic) bond motifs is 1. The highest BCUT2D eigenvalue weighted by Crippen LogP contribution is 2.37. The lowest BCUT2D eigenvalue weighted by molar-refractivity contribution is 1.36. The van der Waals surface area contributed by atoms with Crippen LogP contribution in [-0.2, 0) is 0 Å². The molecule has 4 aromatic rings. The molecule has 0 unspecified atom stereocenters. The highest BCUT2D eigenvalue weighted by Gasteiger charge is 2.13. The van der Waals surface area contributed by atoms with E-state index in [1.165, 1.54) is 5.56 Å². The van der Waals surface area contributed by atoms with Gasteiger partial charge in [0.2, 0.25) is 0 Å². The van der Waals surface area contributed by atoms with Gasteiger partial charge < -0.3 is 0 Å². The number of hydrogen-bond acceptors (Lipinski definition) is 1. The van der Waals surface area contributed by atoms with Crippen LogP contribution in [0.15, 0.2) is 72.8 Å². The molecule has 0 aliphatic heterocycles. The molecule has 0 fully saturated rings. The summed E-state index contributed by atoms with van der Waals surface area (Å²) in [5.41, 5.74) is 6.16. The van der Waals surface area contributed by atoms with Crippen molar-refractivity contribution in [1.29, 1.82) is 0 Å². The third-order valence-electron chi connectivity index (χ3n) is 4.36. The number of nitrogens with zero attached hydrogens (tertiary/aromatic N) is 1. The van der Waals surface area contributed by atoms with Gasteiger partial charge in [-0.05, 0) is 48.4 Å². The topological polar surface area (TPSA) is 12.9 Å². The van der Waals surface area contributed by atoms with Gasteiger partial charge >= 0.3 is 0 Å². The van der Waals surface area contributed by atoms with Crippen LogP contribution >= 0.6 is 23.2 Å². The van der Waals surface area contributed by atoms with Gasteiger partial charge in [-0.1, -0.05) is 65.7 Å². The number of aromatic nitrogens is 1. The van der Waals surface area contributed by atoms with Crippen LogP contribution in [0.4, 0.5) is 0 Å². The zero-order valence-corrected chi connectivity index (χ0v) is 15.1. The molecule has 0 N–H and O–H groups in total. The molecular weight excluding hydrogens is 349 g/mol. The first kappa shape index (κ1) is 16.1. The van der Waals surface area contributed by atoms with Crippen molar-refractivity contribution in [2.24, 2.45) is 0 Å². The Labute approximate surface area is 156 Å². The Kier molecular flexibility index (Phi) is 4.20. The maximum absolute atomic E-state index is 6.48. The average molecular weight is 364 g/mol. The minimum absolute atomic E-state index is 0.686. The van der Waals surface area contributed by atoms with Crippen molar-refractivity contribution < 1.29 is 0 Å². The molecule has 0 aliphatic rings. The lowest BCUT2D eigenvalue weighted by Crippen LogP contribution is -1.92. The zero-order chi connectivity index (χ0) is 17.4. The van der Waals surface area contributed by atoms with Gasteiger partial charge in [0.05, 0.1) is 11.2 Å². The third kappa shape index (κ3) is 3.02. The number of pyridine rings is 1. The summed E-state index contributed by atoms with van der Waals surface area (Å²) in [5.74, 6) is 0. The molecule has 1 nitrogen and oxygen atoms in total. The highest BCUT2D eigenvalue weighted by molar-refractivity contribution is 6.34. The van der Waals surface area contributed by atoms with Crippen LogP contribution in [0.3, 0.4) is 0 Å². The van der Waals surface area contributed by atoms with E-state index in [9.17, 15) is 0 Å². The molecule has 0 saturated heterocycles. The van der Waals surface area contributed by atoms with Gasteiger partial charge in [-0.15, -0.1) is 0 Å². The Morgan fingerprint density at radius 3 is 2.20 bits per heavy atom. The van der Waals surface area contributed by atoms with Gasteiger partial charge in [-0.3, -0.25) is 0 Å². The van der Waals surface area contributed by atoms with Crippen molar-refractivity contribution in [3.63, 3.8) is 0 Å². The highest BCUT2D eigenvalue weighted by atomic mass is 35.5. The van der Waals surface area contributed by atoms with E-state index >= 15 is 0 Å². The van der Waals surface area contributed by atoms with E-state index in [2.05, 4.69) is 25.1 Å². The Hall–Kier alpha value is -2.35. The maximum atomic E-state index is 6.48. The first-order valence-corrected chi connectivity index (χ1v) is 8.80. The molecule has 0 aliphatic carbocycles. The van der Waals surface area contributed by atoms with Crippen LogP contribution in [0.5, 0.6) is 0 Å². The Bertz CT molecular complexity index is 1090. The predicted octanol–water partition coefficient (Wildman–Crippen LogP) is 7.18. The van der Waals surface area contributed by atoms with Crippen LogP contribution in [0.25, 0.3) is 33.3 Å². The summed E-state index contributed by atoms with van der Waals surface area (Å²) in [6.07, 6.45) is 0. The van der Waals surface area contributed by atoms with E-state index in [4.69, 9.17) is 28.2 Å². The summed E-state index contributed by atoms with van der Waals surface area (Å²) < 4.78 is 0. The standard InChI is InChI=1S/C22H15Cl2N/c1-14-6-2-3-7-16(14)22-13-18(17-8-4-5-9-20(17)24)19-12-15(23)10-11-21(19)25-22/h2-13H,1H3. The first-order valence-electron chi connectivity index (χ1n) is 8.05. The SMILES string of the molecule is Cc1ccccc1-c1cc(-c2ccccc2Cl)c2cc(Cl)ccc2n1. The Morgan fingerprint density at radius 2 is 1.44 bits per heavy atom. The van der Waals surface area contributed by atoms with Gasteiger partial charge in [0, 0.05) is 26.6 Å². The summed E-state index contributed by atoms with van der Waals surface area (Å²) in [6, 6.07) is 24.0. The summed E-state index contributed by atoms with van der Waals surface area (Å²) in [5, 5.41) is 2.40. The van der Waals surface area contributed by atoms with Crippen LogP contribution < -0.4 is 0 Å². The summed E-state index contributed by atoms with van der Waals surface area (Å²) in [6.45, 7) is 2.10. The second-order valence-electron chi connectivity index (χ2n) is 6.01. The van der Waals surface area contributed by atoms with Crippen molar-refractivity contribution >= 4 is 34.1 Å². The van der Waals surface area contributed by atoms with E-state index in [1.807, 2.05) is 54.6 Å². The molecule has 1 aromatic heterocycles. The van der Waals surface area contributed by atoms with Gasteiger partial charge in [0.1, 0.15) is 0 Å². The van der Waals surface area contributed by atoms with Crippen molar-refractivity contribution in [3.8, 4) is 22.4 Å². The molecule has 0 bridgehead atoms. The normalized spacial score (nSPS) is 11.0. The van der Waals surface area contributed by atoms with E-state index < -0.39 is 0 Å². The summed E-state index contributed by atoms with van der Waals surface area (Å²) in [7, 11) is 0. The fraction of sp³-hybridized carbons (Fsp3) is 0.0455. The number of rotatable bonds is 2. The number of halogens is 2. The van der Waals surface area contributed by atoms with Gasteiger partial charge in [-0.2, -0.15) is 0 Å². The van der Waals surface area contributed by atoms with Crippen molar-refractivity contribution in [1.82, 2.24) is 4.98 Å². The third-order valence-corrected chi connectivity index (χ3v) is 4.92. The van der Waals surface area contributed by atoms with Gasteiger partial charge in [0.25, 0.3) is 0 Å². The number of hydrogen-bond donors (Lipinski definition) is 0. The minimum atomic E-state index is 0.686. The molecule has 3 heteroatoms. The van der Waals surface area contributed by atoms with E-state index in [0.29, 0.717) is 10.0 Å². The van der Waals surface area contributed by atoms with Crippen LogP contribution in [-0.4, -0.2) is 4.98 Å². The van der Waals surface area contributed by atoms with Crippen LogP contribution in [0.2, 0.25) is 10.0 Å². The number of aryl methyl sites for hydroxylation is 1. The van der Waals surface area contributed by atoms with Gasteiger partial charge in [-0.25, -0.2) is 4.98 Å². The van der Waals surface area contributed by atoms with E-state index in [1.54, 1.807) is 0 Å². The fourth-order valence-electron chi connectivity index (χ4n) is 3.10. The second kappa shape index (κ2) is 6.51. The Morgan fingerprint density at radius 1 is 0.720 bits per heavy atom. The zero-order valence-electron chi connectivity index (χ0n) is 13.6. The largest absolute Gasteiger partial charge is 0.248 e. The molecule has 0 spiro atoms. The van der Waals surface area contributed by atoms with Crippen LogP contribution in [0.1, 0.15) is 5.56 Å². The lowest BCUT2D eigenvalue weighted by Gasteiger charge is -2.13. The molecule has 0 radical (unpaired) electrons. The van der Waals surface area contributed by atoms with Crippen LogP contribution in [0, 0.1) is 6.92 Å². The van der Waals surface area contributed by atoms with Gasteiger partial charge in [0.15, 0.2) is 0 Å².